The van der Waals surface area contributed by atoms with E-state index in [0.29, 0.717) is 5.92 Å². The van der Waals surface area contributed by atoms with Gasteiger partial charge in [0.1, 0.15) is 6.29 Å². The molecule has 0 unspecified atom stereocenters. The fraction of sp³-hybridized carbons (Fsp3) is 0.955. The van der Waals surface area contributed by atoms with Crippen LogP contribution in [0.15, 0.2) is 0 Å². The zero-order valence-corrected chi connectivity index (χ0v) is 16.3. The van der Waals surface area contributed by atoms with E-state index in [2.05, 4.69) is 13.8 Å². The number of hydrogen-bond acceptors (Lipinski definition) is 1. The van der Waals surface area contributed by atoms with Gasteiger partial charge in [-0.3, -0.25) is 0 Å². The highest BCUT2D eigenvalue weighted by Crippen LogP contribution is 2.18. The summed E-state index contributed by atoms with van der Waals surface area (Å²) in [6.07, 6.45) is 25.3. The number of unbranched alkanes of at least 4 members (excludes halogenated alkanes) is 14. The minimum atomic E-state index is 0.343. The zero-order chi connectivity index (χ0) is 17.0. The van der Waals surface area contributed by atoms with Crippen LogP contribution in [0.5, 0.6) is 0 Å². The van der Waals surface area contributed by atoms with Crippen molar-refractivity contribution in [3.05, 3.63) is 0 Å². The molecule has 0 aliphatic carbocycles. The Labute approximate surface area is 147 Å². The van der Waals surface area contributed by atoms with Gasteiger partial charge in [0.2, 0.25) is 0 Å². The van der Waals surface area contributed by atoms with Gasteiger partial charge >= 0.3 is 0 Å². The van der Waals surface area contributed by atoms with E-state index in [1.807, 2.05) is 0 Å². The highest BCUT2D eigenvalue weighted by Gasteiger charge is 2.06. The first-order chi connectivity index (χ1) is 11.3. The molecule has 0 saturated carbocycles. The molecule has 0 fully saturated rings. The molecule has 0 atom stereocenters. The standard InChI is InChI=1S/C22H44O/c1-3-5-7-9-11-13-15-17-19-22(21-23)20-18-16-14-12-10-8-6-4-2/h21-22H,3-20H2,1-2H3. The molecule has 23 heavy (non-hydrogen) atoms. The molecule has 0 heterocycles. The summed E-state index contributed by atoms with van der Waals surface area (Å²) in [7, 11) is 0. The summed E-state index contributed by atoms with van der Waals surface area (Å²) in [5.41, 5.74) is 0. The van der Waals surface area contributed by atoms with Crippen molar-refractivity contribution in [2.45, 2.75) is 129 Å². The molecule has 0 saturated heterocycles. The van der Waals surface area contributed by atoms with Gasteiger partial charge in [0, 0.05) is 5.92 Å². The smallest absolute Gasteiger partial charge is 0.123 e. The number of rotatable bonds is 19. The Hall–Kier alpha value is -0.330. The van der Waals surface area contributed by atoms with E-state index in [4.69, 9.17) is 0 Å². The molecule has 0 spiro atoms. The molecule has 0 aromatic rings. The Morgan fingerprint density at radius 2 is 0.826 bits per heavy atom. The van der Waals surface area contributed by atoms with E-state index in [1.165, 1.54) is 109 Å². The summed E-state index contributed by atoms with van der Waals surface area (Å²) >= 11 is 0. The Balaban J connectivity index is 3.30. The first-order valence-electron chi connectivity index (χ1n) is 10.8. The fourth-order valence-corrected chi connectivity index (χ4v) is 3.36. The van der Waals surface area contributed by atoms with Crippen molar-refractivity contribution in [3.8, 4) is 0 Å². The van der Waals surface area contributed by atoms with Crippen LogP contribution in [-0.2, 0) is 4.79 Å². The van der Waals surface area contributed by atoms with Gasteiger partial charge in [-0.1, -0.05) is 117 Å². The van der Waals surface area contributed by atoms with E-state index < -0.39 is 0 Å². The van der Waals surface area contributed by atoms with Crippen molar-refractivity contribution in [2.75, 3.05) is 0 Å². The molecule has 0 aliphatic rings. The average molecular weight is 325 g/mol. The highest BCUT2D eigenvalue weighted by atomic mass is 16.1. The lowest BCUT2D eigenvalue weighted by Crippen LogP contribution is -2.02. The van der Waals surface area contributed by atoms with E-state index in [-0.39, 0.29) is 0 Å². The first kappa shape index (κ1) is 22.7. The van der Waals surface area contributed by atoms with E-state index in [0.717, 1.165) is 12.8 Å². The lowest BCUT2D eigenvalue weighted by Gasteiger charge is -2.10. The minimum Gasteiger partial charge on any atom is -0.303 e. The highest BCUT2D eigenvalue weighted by molar-refractivity contribution is 5.53. The molecule has 138 valence electrons. The van der Waals surface area contributed by atoms with Crippen LogP contribution in [0.2, 0.25) is 0 Å². The topological polar surface area (TPSA) is 17.1 Å². The van der Waals surface area contributed by atoms with Crippen LogP contribution < -0.4 is 0 Å². The molecular weight excluding hydrogens is 280 g/mol. The van der Waals surface area contributed by atoms with Gasteiger partial charge in [-0.05, 0) is 12.8 Å². The molecule has 0 N–H and O–H groups in total. The maximum absolute atomic E-state index is 11.2. The molecule has 0 aromatic carbocycles. The predicted molar refractivity (Wildman–Crippen MR) is 104 cm³/mol. The third-order valence-electron chi connectivity index (χ3n) is 5.05. The third kappa shape index (κ3) is 17.9. The lowest BCUT2D eigenvalue weighted by molar-refractivity contribution is -0.111. The van der Waals surface area contributed by atoms with Crippen LogP contribution in [-0.4, -0.2) is 6.29 Å². The molecule has 0 bridgehead atoms. The lowest BCUT2D eigenvalue weighted by atomic mass is 9.95. The molecule has 0 radical (unpaired) electrons. The molecule has 0 rings (SSSR count). The predicted octanol–water partition coefficient (Wildman–Crippen LogP) is 7.86. The SMILES string of the molecule is CCCCCCCCCCC(C=O)CCCCCCCCCC. The second-order valence-corrected chi connectivity index (χ2v) is 7.42. The van der Waals surface area contributed by atoms with Crippen LogP contribution in [0.25, 0.3) is 0 Å². The second-order valence-electron chi connectivity index (χ2n) is 7.42. The Morgan fingerprint density at radius 3 is 1.13 bits per heavy atom. The van der Waals surface area contributed by atoms with E-state index in [9.17, 15) is 4.79 Å². The van der Waals surface area contributed by atoms with Crippen molar-refractivity contribution in [1.82, 2.24) is 0 Å². The van der Waals surface area contributed by atoms with Crippen LogP contribution in [0, 0.1) is 5.92 Å². The Morgan fingerprint density at radius 1 is 0.522 bits per heavy atom. The number of carbonyl (C=O) groups excluding carboxylic acids is 1. The summed E-state index contributed by atoms with van der Waals surface area (Å²) in [5.74, 6) is 0.343. The van der Waals surface area contributed by atoms with Crippen molar-refractivity contribution in [2.24, 2.45) is 5.92 Å². The molecule has 0 aliphatic heterocycles. The van der Waals surface area contributed by atoms with Gasteiger partial charge in [0.05, 0.1) is 0 Å². The largest absolute Gasteiger partial charge is 0.303 e. The quantitative estimate of drug-likeness (QED) is 0.174. The normalized spacial score (nSPS) is 11.3. The summed E-state index contributed by atoms with van der Waals surface area (Å²) in [4.78, 5) is 11.2. The van der Waals surface area contributed by atoms with Crippen LogP contribution in [0.3, 0.4) is 0 Å². The maximum Gasteiger partial charge on any atom is 0.123 e. The van der Waals surface area contributed by atoms with Crippen molar-refractivity contribution < 1.29 is 4.79 Å². The monoisotopic (exact) mass is 324 g/mol. The minimum absolute atomic E-state index is 0.343. The molecular formula is C22H44O. The second kappa shape index (κ2) is 19.7. The van der Waals surface area contributed by atoms with Crippen molar-refractivity contribution in [1.29, 1.82) is 0 Å². The molecule has 0 aromatic heterocycles. The number of hydrogen-bond donors (Lipinski definition) is 0. The maximum atomic E-state index is 11.2. The molecule has 1 nitrogen and oxygen atoms in total. The zero-order valence-electron chi connectivity index (χ0n) is 16.3. The summed E-state index contributed by atoms with van der Waals surface area (Å²) in [6, 6.07) is 0. The van der Waals surface area contributed by atoms with Crippen LogP contribution >= 0.6 is 0 Å². The molecule has 1 heteroatoms. The Kier molecular flexibility index (Phi) is 19.4. The summed E-state index contributed by atoms with van der Waals surface area (Å²) in [6.45, 7) is 4.54. The van der Waals surface area contributed by atoms with Crippen molar-refractivity contribution in [3.63, 3.8) is 0 Å². The van der Waals surface area contributed by atoms with Gasteiger partial charge in [-0.2, -0.15) is 0 Å². The Bertz CT molecular complexity index is 204. The van der Waals surface area contributed by atoms with E-state index >= 15 is 0 Å². The van der Waals surface area contributed by atoms with Gasteiger partial charge < -0.3 is 4.79 Å². The number of aldehydes is 1. The van der Waals surface area contributed by atoms with Gasteiger partial charge in [-0.25, -0.2) is 0 Å². The summed E-state index contributed by atoms with van der Waals surface area (Å²) < 4.78 is 0. The van der Waals surface area contributed by atoms with Crippen LogP contribution in [0.1, 0.15) is 129 Å². The first-order valence-corrected chi connectivity index (χ1v) is 10.8. The van der Waals surface area contributed by atoms with Crippen molar-refractivity contribution >= 4 is 6.29 Å². The number of carbonyl (C=O) groups is 1. The van der Waals surface area contributed by atoms with Gasteiger partial charge in [0.15, 0.2) is 0 Å². The van der Waals surface area contributed by atoms with Crippen LogP contribution in [0.4, 0.5) is 0 Å². The van der Waals surface area contributed by atoms with E-state index in [1.54, 1.807) is 0 Å². The van der Waals surface area contributed by atoms with Gasteiger partial charge in [0.25, 0.3) is 0 Å². The average Bonchev–Trinajstić information content (AvgIpc) is 2.57. The summed E-state index contributed by atoms with van der Waals surface area (Å²) in [5, 5.41) is 0. The van der Waals surface area contributed by atoms with Gasteiger partial charge in [-0.15, -0.1) is 0 Å². The fourth-order valence-electron chi connectivity index (χ4n) is 3.36. The third-order valence-corrected chi connectivity index (χ3v) is 5.05. The molecule has 0 amide bonds.